The van der Waals surface area contributed by atoms with Crippen LogP contribution < -0.4 is 5.56 Å². The maximum Gasteiger partial charge on any atom is 0.256 e. The Balaban J connectivity index is 1.48. The van der Waals surface area contributed by atoms with E-state index in [1.807, 2.05) is 32.0 Å². The number of carbonyl (C=O) groups excluding carboxylic acids is 1. The molecule has 1 N–H and O–H groups in total. The first-order chi connectivity index (χ1) is 14.1. The zero-order valence-corrected chi connectivity index (χ0v) is 16.9. The van der Waals surface area contributed by atoms with Gasteiger partial charge >= 0.3 is 0 Å². The van der Waals surface area contributed by atoms with Gasteiger partial charge in [-0.1, -0.05) is 30.3 Å². The summed E-state index contributed by atoms with van der Waals surface area (Å²) in [5, 5.41) is 0. The smallest absolute Gasteiger partial charge is 0.256 e. The van der Waals surface area contributed by atoms with Gasteiger partial charge in [0.15, 0.2) is 5.82 Å². The summed E-state index contributed by atoms with van der Waals surface area (Å²) in [6.45, 7) is 5.53. The predicted molar refractivity (Wildman–Crippen MR) is 107 cm³/mol. The molecule has 0 unspecified atom stereocenters. The first-order valence-corrected chi connectivity index (χ1v) is 10.3. The van der Waals surface area contributed by atoms with E-state index in [0.717, 1.165) is 12.1 Å². The lowest BCUT2D eigenvalue weighted by Crippen LogP contribution is -2.41. The molecule has 1 fully saturated rings. The molecule has 0 bridgehead atoms. The Hall–Kier alpha value is -2.51. The maximum atomic E-state index is 13.0. The highest BCUT2D eigenvalue weighted by molar-refractivity contribution is 5.83. The number of carbonyl (C=O) groups is 1. The summed E-state index contributed by atoms with van der Waals surface area (Å²) in [5.74, 6) is 0.839. The second kappa shape index (κ2) is 8.47. The molecule has 154 valence electrons. The van der Waals surface area contributed by atoms with E-state index in [-0.39, 0.29) is 17.4 Å². The standard InChI is InChI=1S/C22H27N3O4/c1-3-28-22(29-4-2)19-23-18-10-11-25(13-17(18)20(26)24-19)21(27)16-12-15(16)14-8-6-5-7-9-14/h5-9,15-16,22H,3-4,10-13H2,1-2H3,(H,23,24,26)/t15-,16+/m0/s1. The highest BCUT2D eigenvalue weighted by Gasteiger charge is 2.46. The number of amides is 1. The van der Waals surface area contributed by atoms with Crippen LogP contribution in [0.2, 0.25) is 0 Å². The van der Waals surface area contributed by atoms with Crippen molar-refractivity contribution in [1.29, 1.82) is 0 Å². The highest BCUT2D eigenvalue weighted by atomic mass is 16.7. The van der Waals surface area contributed by atoms with Crippen LogP contribution in [0.4, 0.5) is 0 Å². The molecule has 0 radical (unpaired) electrons. The third-order valence-corrected chi connectivity index (χ3v) is 5.59. The van der Waals surface area contributed by atoms with Crippen LogP contribution in [0, 0.1) is 5.92 Å². The van der Waals surface area contributed by atoms with Crippen molar-refractivity contribution in [3.63, 3.8) is 0 Å². The summed E-state index contributed by atoms with van der Waals surface area (Å²) < 4.78 is 11.1. The zero-order valence-electron chi connectivity index (χ0n) is 16.9. The predicted octanol–water partition coefficient (Wildman–Crippen LogP) is 2.53. The van der Waals surface area contributed by atoms with Crippen molar-refractivity contribution < 1.29 is 14.3 Å². The molecule has 2 aromatic rings. The van der Waals surface area contributed by atoms with Crippen LogP contribution in [0.1, 0.15) is 55.1 Å². The molecule has 7 heteroatoms. The first-order valence-electron chi connectivity index (χ1n) is 10.3. The normalized spacial score (nSPS) is 20.6. The van der Waals surface area contributed by atoms with Gasteiger partial charge in [-0.25, -0.2) is 4.98 Å². The van der Waals surface area contributed by atoms with Crippen molar-refractivity contribution >= 4 is 5.91 Å². The molecule has 7 nitrogen and oxygen atoms in total. The fraction of sp³-hybridized carbons (Fsp3) is 0.500. The molecule has 2 aliphatic rings. The highest BCUT2D eigenvalue weighted by Crippen LogP contribution is 2.48. The molecule has 2 heterocycles. The van der Waals surface area contributed by atoms with Gasteiger partial charge in [-0.05, 0) is 31.7 Å². The minimum absolute atomic E-state index is 0.0190. The van der Waals surface area contributed by atoms with Crippen LogP contribution in [-0.4, -0.2) is 40.5 Å². The average molecular weight is 397 g/mol. The molecule has 1 aliphatic heterocycles. The number of fused-ring (bicyclic) bond motifs is 1. The molecule has 0 spiro atoms. The van der Waals surface area contributed by atoms with E-state index in [1.165, 1.54) is 5.56 Å². The molecule has 2 atom stereocenters. The minimum Gasteiger partial charge on any atom is -0.346 e. The van der Waals surface area contributed by atoms with Gasteiger partial charge < -0.3 is 19.4 Å². The van der Waals surface area contributed by atoms with Crippen molar-refractivity contribution in [2.75, 3.05) is 19.8 Å². The van der Waals surface area contributed by atoms with Crippen molar-refractivity contribution in [2.45, 2.75) is 45.4 Å². The van der Waals surface area contributed by atoms with E-state index >= 15 is 0 Å². The number of aromatic nitrogens is 2. The van der Waals surface area contributed by atoms with Crippen molar-refractivity contribution in [3.05, 3.63) is 63.3 Å². The first kappa shape index (κ1) is 19.8. The SMILES string of the molecule is CCOC(OCC)c1nc2c(c(=O)[nH]1)CN(C(=O)[C@@H]1C[C@H]1c1ccccc1)CC2. The molecule has 1 amide bonds. The third-order valence-electron chi connectivity index (χ3n) is 5.59. The quantitative estimate of drug-likeness (QED) is 0.726. The van der Waals surface area contributed by atoms with Crippen LogP contribution in [0.3, 0.4) is 0 Å². The lowest BCUT2D eigenvalue weighted by molar-refractivity contribution is -0.145. The van der Waals surface area contributed by atoms with Gasteiger partial charge in [0.05, 0.1) is 17.8 Å². The van der Waals surface area contributed by atoms with E-state index in [4.69, 9.17) is 9.47 Å². The van der Waals surface area contributed by atoms with E-state index in [0.29, 0.717) is 50.0 Å². The third kappa shape index (κ3) is 4.11. The van der Waals surface area contributed by atoms with Crippen LogP contribution in [-0.2, 0) is 27.2 Å². The Morgan fingerprint density at radius 2 is 1.97 bits per heavy atom. The monoisotopic (exact) mass is 397 g/mol. The fourth-order valence-electron chi connectivity index (χ4n) is 4.02. The van der Waals surface area contributed by atoms with Crippen molar-refractivity contribution in [2.24, 2.45) is 5.92 Å². The molecule has 1 aromatic carbocycles. The van der Waals surface area contributed by atoms with E-state index in [9.17, 15) is 9.59 Å². The molecule has 1 aromatic heterocycles. The number of benzene rings is 1. The maximum absolute atomic E-state index is 13.0. The second-order valence-electron chi connectivity index (χ2n) is 7.49. The molecule has 29 heavy (non-hydrogen) atoms. The molecular weight excluding hydrogens is 370 g/mol. The fourth-order valence-corrected chi connectivity index (χ4v) is 4.02. The van der Waals surface area contributed by atoms with Crippen LogP contribution in [0.25, 0.3) is 0 Å². The Morgan fingerprint density at radius 3 is 2.66 bits per heavy atom. The molecule has 1 aliphatic carbocycles. The number of ether oxygens (including phenoxy) is 2. The number of hydrogen-bond donors (Lipinski definition) is 1. The number of hydrogen-bond acceptors (Lipinski definition) is 5. The van der Waals surface area contributed by atoms with E-state index in [2.05, 4.69) is 22.1 Å². The zero-order chi connectivity index (χ0) is 20.4. The number of nitrogens with one attached hydrogen (secondary N) is 1. The minimum atomic E-state index is -0.680. The Bertz CT molecular complexity index is 921. The summed E-state index contributed by atoms with van der Waals surface area (Å²) in [5.41, 5.74) is 2.29. The molecule has 1 saturated carbocycles. The summed E-state index contributed by atoms with van der Waals surface area (Å²) in [6, 6.07) is 10.2. The number of H-pyrrole nitrogens is 1. The summed E-state index contributed by atoms with van der Waals surface area (Å²) in [7, 11) is 0. The van der Waals surface area contributed by atoms with Gasteiger partial charge in [-0.2, -0.15) is 0 Å². The topological polar surface area (TPSA) is 84.5 Å². The van der Waals surface area contributed by atoms with Gasteiger partial charge in [0, 0.05) is 32.1 Å². The van der Waals surface area contributed by atoms with E-state index < -0.39 is 6.29 Å². The second-order valence-corrected chi connectivity index (χ2v) is 7.49. The van der Waals surface area contributed by atoms with Gasteiger partial charge in [-0.15, -0.1) is 0 Å². The Morgan fingerprint density at radius 1 is 1.24 bits per heavy atom. The number of aromatic amines is 1. The van der Waals surface area contributed by atoms with Crippen LogP contribution >= 0.6 is 0 Å². The largest absolute Gasteiger partial charge is 0.346 e. The van der Waals surface area contributed by atoms with E-state index in [1.54, 1.807) is 4.90 Å². The summed E-state index contributed by atoms with van der Waals surface area (Å²) >= 11 is 0. The lowest BCUT2D eigenvalue weighted by atomic mass is 10.0. The van der Waals surface area contributed by atoms with Gasteiger partial charge in [0.1, 0.15) is 0 Å². The van der Waals surface area contributed by atoms with Gasteiger partial charge in [0.2, 0.25) is 12.2 Å². The molecule has 4 rings (SSSR count). The molecule has 0 saturated heterocycles. The average Bonchev–Trinajstić information content (AvgIpc) is 3.54. The number of rotatable bonds is 7. The van der Waals surface area contributed by atoms with Crippen LogP contribution in [0.15, 0.2) is 35.1 Å². The Labute approximate surface area is 170 Å². The summed E-state index contributed by atoms with van der Waals surface area (Å²) in [4.78, 5) is 34.8. The van der Waals surface area contributed by atoms with Gasteiger partial charge in [-0.3, -0.25) is 9.59 Å². The van der Waals surface area contributed by atoms with Gasteiger partial charge in [0.25, 0.3) is 5.56 Å². The Kier molecular flexibility index (Phi) is 5.78. The van der Waals surface area contributed by atoms with Crippen molar-refractivity contribution in [1.82, 2.24) is 14.9 Å². The van der Waals surface area contributed by atoms with Crippen molar-refractivity contribution in [3.8, 4) is 0 Å². The lowest BCUT2D eigenvalue weighted by Gasteiger charge is -2.28. The summed E-state index contributed by atoms with van der Waals surface area (Å²) in [6.07, 6.45) is 0.760. The molecular formula is C22H27N3O4. The van der Waals surface area contributed by atoms with Crippen LogP contribution in [0.5, 0.6) is 0 Å². The number of nitrogens with zero attached hydrogens (tertiary/aromatic N) is 2.